The smallest absolute Gasteiger partial charge is 0.462 e. The molecule has 0 saturated heterocycles. The molecule has 0 bridgehead atoms. The zero-order valence-corrected chi connectivity index (χ0v) is 67.6. The highest BCUT2D eigenvalue weighted by molar-refractivity contribution is 7.47. The van der Waals surface area contributed by atoms with Gasteiger partial charge in [-0.25, -0.2) is 9.13 Å². The number of phosphoric acid groups is 2. The van der Waals surface area contributed by atoms with Crippen LogP contribution >= 0.6 is 15.6 Å². The van der Waals surface area contributed by atoms with Crippen molar-refractivity contribution in [3.8, 4) is 0 Å². The standard InChI is InChI=1S/C81H158O17P2/c1-9-74(8)60-52-44-35-29-25-26-30-36-45-53-61-78(83)91-67-76(97-80(85)63-55-47-37-31-23-19-15-13-11-10-12-14-17-21-27-33-41-49-57-71(2)3)69-95-99(87,88)93-65-75(82)66-94-100(89,90)96-70-77(68-92-79(84)62-54-46-40-39-43-51-59-73(6)7)98-81(86)64-56-48-38-32-24-20-16-18-22-28-34-42-50-58-72(4)5/h71-77,82H,9-70H2,1-8H3,(H,87,88)(H,89,90)/t74?,75-,76-,77-/m1/s1. The van der Waals surface area contributed by atoms with Crippen molar-refractivity contribution in [2.75, 3.05) is 39.6 Å². The van der Waals surface area contributed by atoms with Crippen LogP contribution in [-0.4, -0.2) is 96.7 Å². The van der Waals surface area contributed by atoms with Gasteiger partial charge in [0.2, 0.25) is 0 Å². The predicted octanol–water partition coefficient (Wildman–Crippen LogP) is 24.0. The molecule has 0 heterocycles. The first-order chi connectivity index (χ1) is 48.1. The maximum Gasteiger partial charge on any atom is 0.472 e. The van der Waals surface area contributed by atoms with Crippen LogP contribution in [0.3, 0.4) is 0 Å². The van der Waals surface area contributed by atoms with E-state index in [2.05, 4.69) is 55.4 Å². The number of rotatable bonds is 78. The van der Waals surface area contributed by atoms with Gasteiger partial charge < -0.3 is 33.8 Å². The highest BCUT2D eigenvalue weighted by atomic mass is 31.2. The van der Waals surface area contributed by atoms with Gasteiger partial charge in [0, 0.05) is 25.7 Å². The number of unbranched alkanes of at least 4 members (excludes halogenated alkanes) is 43. The van der Waals surface area contributed by atoms with Crippen molar-refractivity contribution in [3.05, 3.63) is 0 Å². The van der Waals surface area contributed by atoms with Crippen molar-refractivity contribution in [3.63, 3.8) is 0 Å². The van der Waals surface area contributed by atoms with E-state index in [0.717, 1.165) is 114 Å². The molecular formula is C81H158O17P2. The van der Waals surface area contributed by atoms with Crippen LogP contribution in [0.15, 0.2) is 0 Å². The molecule has 0 aliphatic heterocycles. The molecule has 0 aromatic carbocycles. The zero-order chi connectivity index (χ0) is 73.8. The number of esters is 4. The quantitative estimate of drug-likeness (QED) is 0.0222. The summed E-state index contributed by atoms with van der Waals surface area (Å²) in [5.41, 5.74) is 0. The van der Waals surface area contributed by atoms with E-state index in [1.165, 1.54) is 212 Å². The van der Waals surface area contributed by atoms with Gasteiger partial charge in [-0.05, 0) is 49.4 Å². The zero-order valence-electron chi connectivity index (χ0n) is 65.8. The van der Waals surface area contributed by atoms with Gasteiger partial charge in [0.15, 0.2) is 12.2 Å². The molecule has 0 amide bonds. The van der Waals surface area contributed by atoms with E-state index < -0.39 is 97.5 Å². The SMILES string of the molecule is CCC(C)CCCCCCCCCCCCC(=O)OC[C@H](COP(=O)(O)OC[C@@H](O)COP(=O)(O)OC[C@@H](COC(=O)CCCCCCCCC(C)C)OC(=O)CCCCCCCCCCCCCCCC(C)C)OC(=O)CCCCCCCCCCCCCCCCCCCCC(C)C. The largest absolute Gasteiger partial charge is 0.472 e. The number of aliphatic hydroxyl groups is 1. The lowest BCUT2D eigenvalue weighted by Crippen LogP contribution is -2.30. The van der Waals surface area contributed by atoms with Gasteiger partial charge in [-0.1, -0.05) is 364 Å². The van der Waals surface area contributed by atoms with E-state index in [9.17, 15) is 43.2 Å². The number of hydrogen-bond donors (Lipinski definition) is 3. The number of carbonyl (C=O) groups is 4. The molecule has 19 heteroatoms. The Bertz CT molecular complexity index is 1960. The van der Waals surface area contributed by atoms with E-state index in [-0.39, 0.29) is 25.7 Å². The fraction of sp³-hybridized carbons (Fsp3) is 0.951. The second kappa shape index (κ2) is 70.1. The van der Waals surface area contributed by atoms with Gasteiger partial charge in [0.1, 0.15) is 19.3 Å². The minimum atomic E-state index is -4.96. The summed E-state index contributed by atoms with van der Waals surface area (Å²) in [6.45, 7) is 14.2. The second-order valence-electron chi connectivity index (χ2n) is 30.8. The fourth-order valence-corrected chi connectivity index (χ4v) is 14.0. The molecule has 3 unspecified atom stereocenters. The first-order valence-electron chi connectivity index (χ1n) is 41.7. The lowest BCUT2D eigenvalue weighted by atomic mass is 9.99. The third kappa shape index (κ3) is 73.0. The molecular weight excluding hydrogens is 1310 g/mol. The van der Waals surface area contributed by atoms with E-state index in [4.69, 9.17) is 37.0 Å². The monoisotopic (exact) mass is 1470 g/mol. The topological polar surface area (TPSA) is 237 Å². The van der Waals surface area contributed by atoms with E-state index >= 15 is 0 Å². The molecule has 594 valence electrons. The summed E-state index contributed by atoms with van der Waals surface area (Å²) < 4.78 is 68.7. The average molecular weight is 1470 g/mol. The van der Waals surface area contributed by atoms with Crippen molar-refractivity contribution >= 4 is 39.5 Å². The lowest BCUT2D eigenvalue weighted by molar-refractivity contribution is -0.161. The third-order valence-corrected chi connectivity index (χ3v) is 21.1. The van der Waals surface area contributed by atoms with Crippen molar-refractivity contribution in [2.24, 2.45) is 23.7 Å². The maximum absolute atomic E-state index is 13.1. The van der Waals surface area contributed by atoms with Crippen LogP contribution < -0.4 is 0 Å². The van der Waals surface area contributed by atoms with Crippen LogP contribution in [0, 0.1) is 23.7 Å². The Balaban J connectivity index is 5.21. The molecule has 6 atom stereocenters. The van der Waals surface area contributed by atoms with Crippen LogP contribution in [0.4, 0.5) is 0 Å². The van der Waals surface area contributed by atoms with Gasteiger partial charge in [0.25, 0.3) is 0 Å². The van der Waals surface area contributed by atoms with Crippen molar-refractivity contribution in [2.45, 2.75) is 433 Å². The summed E-state index contributed by atoms with van der Waals surface area (Å²) in [5.74, 6) is 0.980. The molecule has 0 fully saturated rings. The minimum Gasteiger partial charge on any atom is -0.462 e. The first kappa shape index (κ1) is 98.1. The number of aliphatic hydroxyl groups excluding tert-OH is 1. The van der Waals surface area contributed by atoms with Gasteiger partial charge in [-0.3, -0.25) is 37.3 Å². The summed E-state index contributed by atoms with van der Waals surface area (Å²) in [6, 6.07) is 0. The molecule has 0 saturated carbocycles. The van der Waals surface area contributed by atoms with Crippen LogP contribution in [0.2, 0.25) is 0 Å². The Kier molecular flexibility index (Phi) is 68.7. The predicted molar refractivity (Wildman–Crippen MR) is 409 cm³/mol. The van der Waals surface area contributed by atoms with Crippen molar-refractivity contribution < 1.29 is 80.2 Å². The summed E-state index contributed by atoms with van der Waals surface area (Å²) >= 11 is 0. The molecule has 0 rings (SSSR count). The van der Waals surface area contributed by atoms with Crippen LogP contribution in [0.5, 0.6) is 0 Å². The van der Waals surface area contributed by atoms with Crippen molar-refractivity contribution in [1.29, 1.82) is 0 Å². The Morgan fingerprint density at radius 2 is 0.480 bits per heavy atom. The molecule has 100 heavy (non-hydrogen) atoms. The lowest BCUT2D eigenvalue weighted by Gasteiger charge is -2.21. The summed E-state index contributed by atoms with van der Waals surface area (Å²) in [6.07, 6.45) is 57.0. The van der Waals surface area contributed by atoms with Crippen molar-refractivity contribution in [1.82, 2.24) is 0 Å². The molecule has 0 radical (unpaired) electrons. The first-order valence-corrected chi connectivity index (χ1v) is 44.7. The maximum atomic E-state index is 13.1. The molecule has 0 spiro atoms. The van der Waals surface area contributed by atoms with E-state index in [1.54, 1.807) is 0 Å². The third-order valence-electron chi connectivity index (χ3n) is 19.2. The van der Waals surface area contributed by atoms with Gasteiger partial charge in [-0.2, -0.15) is 0 Å². The molecule has 0 aliphatic carbocycles. The Morgan fingerprint density at radius 1 is 0.280 bits per heavy atom. The van der Waals surface area contributed by atoms with E-state index in [1.807, 2.05) is 0 Å². The Morgan fingerprint density at radius 3 is 0.710 bits per heavy atom. The van der Waals surface area contributed by atoms with Crippen LogP contribution in [-0.2, 0) is 65.4 Å². The minimum absolute atomic E-state index is 0.106. The highest BCUT2D eigenvalue weighted by Crippen LogP contribution is 2.45. The van der Waals surface area contributed by atoms with Gasteiger partial charge >= 0.3 is 39.5 Å². The number of phosphoric ester groups is 2. The Labute approximate surface area is 613 Å². The van der Waals surface area contributed by atoms with Gasteiger partial charge in [0.05, 0.1) is 26.4 Å². The van der Waals surface area contributed by atoms with Crippen LogP contribution in [0.25, 0.3) is 0 Å². The van der Waals surface area contributed by atoms with E-state index in [0.29, 0.717) is 31.6 Å². The number of ether oxygens (including phenoxy) is 4. The number of carbonyl (C=O) groups excluding carboxylic acids is 4. The molecule has 3 N–H and O–H groups in total. The number of hydrogen-bond acceptors (Lipinski definition) is 15. The summed E-state index contributed by atoms with van der Waals surface area (Å²) in [5, 5.41) is 10.6. The molecule has 17 nitrogen and oxygen atoms in total. The summed E-state index contributed by atoms with van der Waals surface area (Å²) in [7, 11) is -9.92. The normalized spacial score (nSPS) is 14.3. The second-order valence-corrected chi connectivity index (χ2v) is 33.7. The van der Waals surface area contributed by atoms with Crippen LogP contribution in [0.1, 0.15) is 415 Å². The molecule has 0 aliphatic rings. The Hall–Kier alpha value is -1.94. The van der Waals surface area contributed by atoms with Gasteiger partial charge in [-0.15, -0.1) is 0 Å². The molecule has 0 aromatic rings. The highest BCUT2D eigenvalue weighted by Gasteiger charge is 2.30. The average Bonchev–Trinajstić information content (AvgIpc) is 1.14. The summed E-state index contributed by atoms with van der Waals surface area (Å²) in [4.78, 5) is 73.0. The fourth-order valence-electron chi connectivity index (χ4n) is 12.4. The molecule has 0 aromatic heterocycles.